The van der Waals surface area contributed by atoms with Crippen molar-refractivity contribution < 1.29 is 89.7 Å². The minimum Gasteiger partial charge on any atom is -0.394 e. The Morgan fingerprint density at radius 3 is 0.870 bits per heavy atom. The smallest absolute Gasteiger partial charge is 0.253 e. The molecule has 0 aromatic heterocycles. The van der Waals surface area contributed by atoms with Crippen molar-refractivity contribution in [2.45, 2.75) is 50.5 Å². The number of aliphatic hydroxyl groups is 11. The molecule has 2 rings (SSSR count). The average Bonchev–Trinajstić information content (AvgIpc) is 3.29. The number of carbonyl (C=O) groups excluding carboxylic acids is 6. The van der Waals surface area contributed by atoms with Crippen LogP contribution in [0, 0.1) is 21.4 Å². The Morgan fingerprint density at radius 2 is 0.667 bits per heavy atom. The van der Waals surface area contributed by atoms with E-state index < -0.39 is 105 Å². The Labute approximate surface area is 477 Å². The van der Waals surface area contributed by atoms with Gasteiger partial charge in [-0.2, -0.15) is 0 Å². The summed E-state index contributed by atoms with van der Waals surface area (Å²) >= 11 is 11.0. The molecule has 6 atom stereocenters. The minimum absolute atomic E-state index is 0.0133. The largest absolute Gasteiger partial charge is 0.394 e. The molecule has 24 nitrogen and oxygen atoms in total. The van der Waals surface area contributed by atoms with Gasteiger partial charge in [-0.1, -0.05) is 0 Å². The number of amides is 6. The molecule has 69 heavy (non-hydrogen) atoms. The Morgan fingerprint density at radius 1 is 0.435 bits per heavy atom. The third-order valence-corrected chi connectivity index (χ3v) is 15.3. The third-order valence-electron chi connectivity index (χ3n) is 8.99. The van der Waals surface area contributed by atoms with Crippen molar-refractivity contribution in [2.24, 2.45) is 0 Å². The van der Waals surface area contributed by atoms with Crippen LogP contribution in [0.5, 0.6) is 0 Å². The number of nitrogens with one attached hydrogen (secondary N) is 4. The summed E-state index contributed by atoms with van der Waals surface area (Å²) < 4.78 is 6.59. The SMILES string of the molecule is CC(=O)N(CC(O)CO)c1c(I)c(C(=O)NCC(O)CO)c(I)c(C(=O)NCC(O)CO)c1I.COCC(O)CN(C(C)=O)c1c(I)c(C(=O)NCC(O)CO)c(I)c(C(=O)NCC(O)CO)c1I. The van der Waals surface area contributed by atoms with Gasteiger partial charge in [-0.15, -0.1) is 0 Å². The van der Waals surface area contributed by atoms with E-state index in [0.29, 0.717) is 7.14 Å². The molecule has 0 spiro atoms. The van der Waals surface area contributed by atoms with E-state index in [9.17, 15) is 64.5 Å². The molecule has 0 saturated heterocycles. The summed E-state index contributed by atoms with van der Waals surface area (Å²) in [7, 11) is 1.40. The molecular weight excluding hydrogens is 1600 g/mol. The highest BCUT2D eigenvalue weighted by molar-refractivity contribution is 14.1. The second-order valence-corrected chi connectivity index (χ2v) is 20.9. The number of hydrogen-bond acceptors (Lipinski definition) is 18. The van der Waals surface area contributed by atoms with Crippen molar-refractivity contribution >= 4 is 182 Å². The molecule has 390 valence electrons. The normalized spacial score (nSPS) is 13.7. The van der Waals surface area contributed by atoms with Gasteiger partial charge >= 0.3 is 0 Å². The zero-order valence-corrected chi connectivity index (χ0v) is 49.8. The van der Waals surface area contributed by atoms with Gasteiger partial charge in [0.15, 0.2) is 0 Å². The van der Waals surface area contributed by atoms with Crippen LogP contribution in [0.3, 0.4) is 0 Å². The van der Waals surface area contributed by atoms with Crippen LogP contribution in [0.1, 0.15) is 55.3 Å². The lowest BCUT2D eigenvalue weighted by molar-refractivity contribution is -0.117. The summed E-state index contributed by atoms with van der Waals surface area (Å²) in [6.45, 7) is -2.01. The first-order chi connectivity index (χ1) is 32.3. The van der Waals surface area contributed by atoms with Crippen molar-refractivity contribution in [1.82, 2.24) is 21.3 Å². The number of anilines is 2. The predicted molar refractivity (Wildman–Crippen MR) is 298 cm³/mol. The number of halogens is 6. The van der Waals surface area contributed by atoms with E-state index in [1.807, 2.05) is 113 Å². The fourth-order valence-electron chi connectivity index (χ4n) is 5.51. The molecule has 6 amide bonds. The molecule has 30 heteroatoms. The number of ether oxygens (including phenoxy) is 1. The maximum atomic E-state index is 13.1. The highest BCUT2D eigenvalue weighted by atomic mass is 127. The summed E-state index contributed by atoms with van der Waals surface area (Å²) in [5, 5.41) is 114. The summed E-state index contributed by atoms with van der Waals surface area (Å²) in [5.74, 6) is -3.66. The van der Waals surface area contributed by atoms with Crippen LogP contribution >= 0.6 is 136 Å². The van der Waals surface area contributed by atoms with Crippen LogP contribution in [0.15, 0.2) is 0 Å². The lowest BCUT2D eigenvalue weighted by atomic mass is 10.1. The van der Waals surface area contributed by atoms with Crippen molar-refractivity contribution in [2.75, 3.05) is 95.8 Å². The quantitative estimate of drug-likeness (QED) is 0.0453. The average molecular weight is 1660 g/mol. The zero-order valence-electron chi connectivity index (χ0n) is 36.9. The zero-order chi connectivity index (χ0) is 53.0. The van der Waals surface area contributed by atoms with Crippen LogP contribution in [-0.4, -0.2) is 214 Å². The highest BCUT2D eigenvalue weighted by Crippen LogP contribution is 2.40. The molecule has 0 aliphatic heterocycles. The number of nitrogens with zero attached hydrogens (tertiary/aromatic N) is 2. The fourth-order valence-corrected chi connectivity index (χ4v) is 15.0. The van der Waals surface area contributed by atoms with E-state index in [1.165, 1.54) is 25.9 Å². The Balaban J connectivity index is 0.000000690. The van der Waals surface area contributed by atoms with Crippen molar-refractivity contribution in [1.29, 1.82) is 0 Å². The van der Waals surface area contributed by atoms with E-state index in [2.05, 4.69) is 21.3 Å². The van der Waals surface area contributed by atoms with Crippen molar-refractivity contribution in [3.8, 4) is 0 Å². The number of benzene rings is 2. The second-order valence-electron chi connectivity index (χ2n) is 14.5. The molecule has 0 saturated carbocycles. The molecule has 0 aliphatic carbocycles. The molecule has 0 aliphatic rings. The third kappa shape index (κ3) is 19.7. The van der Waals surface area contributed by atoms with Gasteiger partial charge in [0.05, 0.1) is 137 Å². The summed E-state index contributed by atoms with van der Waals surface area (Å²) in [4.78, 5) is 79.6. The monoisotopic (exact) mass is 1660 g/mol. The maximum absolute atomic E-state index is 13.1. The Kier molecular flexibility index (Phi) is 31.8. The molecule has 6 unspecified atom stereocenters. The molecule has 0 bridgehead atoms. The minimum atomic E-state index is -1.29. The number of methoxy groups -OCH3 is 1. The predicted octanol–water partition coefficient (Wildman–Crippen LogP) is -2.60. The van der Waals surface area contributed by atoms with E-state index in [4.69, 9.17) is 25.2 Å². The first kappa shape index (κ1) is 66.2. The number of carbonyl (C=O) groups is 6. The molecule has 2 aromatic carbocycles. The highest BCUT2D eigenvalue weighted by Gasteiger charge is 2.34. The molecule has 15 N–H and O–H groups in total. The van der Waals surface area contributed by atoms with Crippen LogP contribution in [0.4, 0.5) is 11.4 Å². The van der Waals surface area contributed by atoms with Gasteiger partial charge in [0.25, 0.3) is 23.6 Å². The molecule has 2 aromatic rings. The van der Waals surface area contributed by atoms with Crippen LogP contribution < -0.4 is 31.1 Å². The van der Waals surface area contributed by atoms with Crippen LogP contribution in [0.25, 0.3) is 0 Å². The second kappa shape index (κ2) is 33.2. The topological polar surface area (TPSA) is 389 Å². The van der Waals surface area contributed by atoms with Gasteiger partial charge in [0.2, 0.25) is 11.8 Å². The molecule has 0 radical (unpaired) electrons. The van der Waals surface area contributed by atoms with Gasteiger partial charge in [0, 0.05) is 54.3 Å². The first-order valence-electron chi connectivity index (χ1n) is 20.0. The van der Waals surface area contributed by atoms with E-state index in [0.717, 1.165) is 4.90 Å². The van der Waals surface area contributed by atoms with Gasteiger partial charge < -0.3 is 92.0 Å². The lowest BCUT2D eigenvalue weighted by Crippen LogP contribution is -2.41. The lowest BCUT2D eigenvalue weighted by Gasteiger charge is -2.29. The number of aliphatic hydroxyl groups excluding tert-OH is 11. The number of hydrogen-bond donors (Lipinski definition) is 15. The van der Waals surface area contributed by atoms with Crippen molar-refractivity contribution in [3.05, 3.63) is 43.7 Å². The van der Waals surface area contributed by atoms with E-state index in [1.54, 1.807) is 22.6 Å². The molecule has 0 heterocycles. The van der Waals surface area contributed by atoms with Crippen molar-refractivity contribution in [3.63, 3.8) is 0 Å². The van der Waals surface area contributed by atoms with Crippen LogP contribution in [0.2, 0.25) is 0 Å². The summed E-state index contributed by atoms with van der Waals surface area (Å²) in [5.41, 5.74) is 0.496. The Hall–Kier alpha value is -0.840. The van der Waals surface area contributed by atoms with E-state index in [-0.39, 0.29) is 93.8 Å². The van der Waals surface area contributed by atoms with Gasteiger partial charge in [-0.25, -0.2) is 0 Å². The number of rotatable bonds is 25. The summed E-state index contributed by atoms with van der Waals surface area (Å²) in [6, 6.07) is 0. The van der Waals surface area contributed by atoms with Gasteiger partial charge in [0.1, 0.15) is 0 Å². The standard InChI is InChI=1S/C20H28I3N3O9.C19H26I3N3O9/c1-9(29)26(5-12(32)8-35-2)18-16(22)13(19(33)24-3-10(30)6-27)15(21)14(17(18)23)20(34)25-4-11(31)7-28;1-8(29)25(4-11(32)7-28)17-15(21)12(18(33)23-2-9(30)5-26)14(20)13(16(17)22)19(34)24-3-10(31)6-27/h10-12,27-28,30-32H,3-8H2,1-2H3,(H,24,33)(H,25,34);9-11,26-28,30-32H,2-7H2,1H3,(H,23,33)(H,24,34). The molecule has 0 fully saturated rings. The molecular formula is C39H54I6N6O18. The Bertz CT molecular complexity index is 2010. The first-order valence-corrected chi connectivity index (χ1v) is 26.5. The van der Waals surface area contributed by atoms with Gasteiger partial charge in [-0.05, 0) is 136 Å². The van der Waals surface area contributed by atoms with E-state index >= 15 is 0 Å². The van der Waals surface area contributed by atoms with Gasteiger partial charge in [-0.3, -0.25) is 28.8 Å². The summed E-state index contributed by atoms with van der Waals surface area (Å²) in [6.07, 6.45) is -7.15. The van der Waals surface area contributed by atoms with Crippen LogP contribution in [-0.2, 0) is 14.3 Å². The fraction of sp³-hybridized carbons (Fsp3) is 0.538. The maximum Gasteiger partial charge on any atom is 0.253 e.